The van der Waals surface area contributed by atoms with Crippen molar-refractivity contribution in [1.29, 1.82) is 0 Å². The second-order valence-electron chi connectivity index (χ2n) is 18.8. The summed E-state index contributed by atoms with van der Waals surface area (Å²) in [5.41, 5.74) is -1.08. The average molecular weight is 1000 g/mol. The zero-order valence-corrected chi connectivity index (χ0v) is 40.3. The Labute approximate surface area is 408 Å². The summed E-state index contributed by atoms with van der Waals surface area (Å²) in [6.45, 7) is 14.4. The van der Waals surface area contributed by atoms with Crippen molar-refractivity contribution in [2.24, 2.45) is 0 Å². The third-order valence-electron chi connectivity index (χ3n) is 11.6. The second-order valence-corrected chi connectivity index (χ2v) is 18.8. The first-order valence-corrected chi connectivity index (χ1v) is 22.1. The van der Waals surface area contributed by atoms with Gasteiger partial charge >= 0.3 is 11.9 Å². The number of aromatic amines is 2. The highest BCUT2D eigenvalue weighted by Crippen LogP contribution is 2.53. The number of nitrogens with one attached hydrogen (secondary N) is 2. The van der Waals surface area contributed by atoms with E-state index in [1.165, 1.54) is 12.4 Å². The van der Waals surface area contributed by atoms with Crippen LogP contribution in [0, 0.1) is 11.6 Å². The molecule has 0 saturated carbocycles. The quantitative estimate of drug-likeness (QED) is 0.0134. The van der Waals surface area contributed by atoms with Gasteiger partial charge < -0.3 is 65.0 Å². The standard InChI is InChI=1S/C26H28F2N2O6.C25H24F2N2O7/c1-13(2)36-25(35)16-10-30(24(34)19(14(3)32)23(33)21(28)17(27)11-31)12-26(4,5)20-15-8-6-7-9-18(15)29-22(16)20;1-10(2)36-24(35)12-8-29(23(34)11-5-6-13(26)14(27)7-11)9-25(3,4)16-15-18(28-17(12)16)20(31)22(33)21(32)19(15)30/h6-11,13,29,31-33H,12H2,1-5H3;5-8,10,28,30-33H,9H2,1-4H3/b17-11-,19-14-,23-21-;. The van der Waals surface area contributed by atoms with Crippen molar-refractivity contribution >= 4 is 56.7 Å². The number of hydrogen-bond acceptors (Lipinski definition) is 13. The Morgan fingerprint density at radius 1 is 0.722 bits per heavy atom. The van der Waals surface area contributed by atoms with E-state index >= 15 is 0 Å². The average Bonchev–Trinajstić information content (AvgIpc) is 3.85. The summed E-state index contributed by atoms with van der Waals surface area (Å²) in [6, 6.07) is 10.1. The molecule has 9 N–H and O–H groups in total. The molecule has 2 aromatic heterocycles. The minimum absolute atomic E-state index is 0.00542. The van der Waals surface area contributed by atoms with Gasteiger partial charge in [-0.05, 0) is 70.0 Å². The molecule has 2 aliphatic rings. The Morgan fingerprint density at radius 3 is 1.81 bits per heavy atom. The van der Waals surface area contributed by atoms with Crippen LogP contribution in [0.4, 0.5) is 17.6 Å². The molecule has 0 atom stereocenters. The molecule has 0 fully saturated rings. The van der Waals surface area contributed by atoms with E-state index in [1.807, 2.05) is 38.1 Å². The van der Waals surface area contributed by atoms with Gasteiger partial charge in [-0.1, -0.05) is 45.9 Å². The number of para-hydroxylation sites is 1. The van der Waals surface area contributed by atoms with Crippen LogP contribution in [0.2, 0.25) is 0 Å². The first-order valence-electron chi connectivity index (χ1n) is 22.1. The molecule has 17 nitrogen and oxygen atoms in total. The molecular weight excluding hydrogens is 953 g/mol. The van der Waals surface area contributed by atoms with E-state index in [0.29, 0.717) is 5.69 Å². The first-order chi connectivity index (χ1) is 33.5. The van der Waals surface area contributed by atoms with Crippen molar-refractivity contribution in [3.63, 3.8) is 0 Å². The lowest BCUT2D eigenvalue weighted by Gasteiger charge is -2.30. The van der Waals surface area contributed by atoms with Gasteiger partial charge in [-0.15, -0.1) is 0 Å². The van der Waals surface area contributed by atoms with Gasteiger partial charge in [-0.3, -0.25) is 9.59 Å². The first kappa shape index (κ1) is 53.0. The van der Waals surface area contributed by atoms with Gasteiger partial charge in [0.2, 0.25) is 17.3 Å². The Kier molecular flexibility index (Phi) is 14.6. The summed E-state index contributed by atoms with van der Waals surface area (Å²) in [4.78, 5) is 61.3. The molecule has 21 heteroatoms. The van der Waals surface area contributed by atoms with Gasteiger partial charge in [-0.2, -0.15) is 4.39 Å². The number of carbonyl (C=O) groups is 4. The maximum absolute atomic E-state index is 14.3. The summed E-state index contributed by atoms with van der Waals surface area (Å²) in [6.07, 6.45) is 1.13. The van der Waals surface area contributed by atoms with Crippen LogP contribution in [0.1, 0.15) is 95.2 Å². The molecule has 2 amide bonds. The number of phenolic OH excluding ortho intramolecular Hbond substituents is 4. The molecule has 2 aliphatic heterocycles. The van der Waals surface area contributed by atoms with E-state index in [2.05, 4.69) is 9.97 Å². The van der Waals surface area contributed by atoms with Gasteiger partial charge in [0.15, 0.2) is 34.7 Å². The maximum Gasteiger partial charge on any atom is 0.342 e. The smallest absolute Gasteiger partial charge is 0.342 e. The lowest BCUT2D eigenvalue weighted by Crippen LogP contribution is -2.38. The summed E-state index contributed by atoms with van der Waals surface area (Å²) < 4.78 is 65.9. The molecule has 0 saturated heterocycles. The zero-order chi connectivity index (χ0) is 53.6. The summed E-state index contributed by atoms with van der Waals surface area (Å²) in [5, 5.41) is 71.1. The minimum atomic E-state index is -1.94. The maximum atomic E-state index is 14.3. The fourth-order valence-electron chi connectivity index (χ4n) is 8.61. The van der Waals surface area contributed by atoms with E-state index in [-0.39, 0.29) is 58.2 Å². The van der Waals surface area contributed by atoms with Crippen molar-refractivity contribution in [1.82, 2.24) is 19.8 Å². The number of amides is 2. The molecule has 7 rings (SSSR count). The van der Waals surface area contributed by atoms with Crippen molar-refractivity contribution in [3.8, 4) is 23.0 Å². The van der Waals surface area contributed by atoms with Crippen molar-refractivity contribution < 1.29 is 82.0 Å². The fraction of sp³-hybridized carbons (Fsp3) is 0.294. The van der Waals surface area contributed by atoms with Gasteiger partial charge in [0, 0.05) is 52.8 Å². The highest BCUT2D eigenvalue weighted by Gasteiger charge is 2.42. The van der Waals surface area contributed by atoms with Crippen molar-refractivity contribution in [2.75, 3.05) is 13.1 Å². The van der Waals surface area contributed by atoms with Crippen molar-refractivity contribution in [2.45, 2.75) is 85.4 Å². The normalized spacial score (nSPS) is 16.1. The Morgan fingerprint density at radius 2 is 1.25 bits per heavy atom. The van der Waals surface area contributed by atoms with E-state index in [1.54, 1.807) is 41.5 Å². The number of hydrogen-bond donors (Lipinski definition) is 9. The van der Waals surface area contributed by atoms with Gasteiger partial charge in [-0.25, -0.2) is 22.8 Å². The number of ether oxygens (including phenoxy) is 2. The van der Waals surface area contributed by atoms with E-state index in [4.69, 9.17) is 14.6 Å². The number of aromatic hydroxyl groups is 4. The number of halogens is 4. The van der Waals surface area contributed by atoms with Crippen LogP contribution in [0.15, 0.2) is 89.9 Å². The number of fused-ring (bicyclic) bond motifs is 6. The van der Waals surface area contributed by atoms with Gasteiger partial charge in [0.25, 0.3) is 11.8 Å². The number of aliphatic hydroxyl groups excluding tert-OH is 3. The largest absolute Gasteiger partial charge is 0.512 e. The third-order valence-corrected chi connectivity index (χ3v) is 11.6. The van der Waals surface area contributed by atoms with E-state index < -0.39 is 110 Å². The molecule has 0 aliphatic carbocycles. The third kappa shape index (κ3) is 9.86. The summed E-state index contributed by atoms with van der Waals surface area (Å²) >= 11 is 0. The number of rotatable bonds is 8. The number of benzene rings is 3. The highest BCUT2D eigenvalue weighted by molar-refractivity contribution is 6.20. The number of allylic oxidation sites excluding steroid dienone is 3. The molecule has 0 radical (unpaired) electrons. The number of H-pyrrole nitrogens is 2. The molecule has 3 aromatic carbocycles. The van der Waals surface area contributed by atoms with Gasteiger partial charge in [0.05, 0.1) is 45.6 Å². The molecule has 382 valence electrons. The molecular formula is C51H52F4N4O13. The lowest BCUT2D eigenvalue weighted by molar-refractivity contribution is -0.141. The Bertz CT molecular complexity index is 3230. The monoisotopic (exact) mass is 1000 g/mol. The van der Waals surface area contributed by atoms with Crippen LogP contribution < -0.4 is 0 Å². The number of aromatic nitrogens is 2. The van der Waals surface area contributed by atoms with Crippen LogP contribution in [0.5, 0.6) is 23.0 Å². The number of aliphatic hydroxyl groups is 3. The van der Waals surface area contributed by atoms with Crippen LogP contribution in [-0.2, 0) is 34.7 Å². The summed E-state index contributed by atoms with van der Waals surface area (Å²) in [5.74, 6) is -15.3. The van der Waals surface area contributed by atoms with Crippen LogP contribution in [0.3, 0.4) is 0 Å². The Balaban J connectivity index is 0.000000235. The fourth-order valence-corrected chi connectivity index (χ4v) is 8.61. The SMILES string of the molecule is CC(C)OC(=O)C1=CN(C(=O)c2ccc(F)c(F)c2)CC(C)(C)c2c1[nH]c1c(O)c(O)c(O)c(O)c21.C\C(O)=C(C(=O)N1C=C(C(=O)OC(C)C)c2[nH]c3ccccc3c2C(C)(C)C1)/C(O)=C(F)\C(F)=C\O. The van der Waals surface area contributed by atoms with Crippen molar-refractivity contribution in [3.05, 3.63) is 130 Å². The number of nitrogens with zero attached hydrogens (tertiary/aromatic N) is 2. The van der Waals surface area contributed by atoms with Crippen LogP contribution in [-0.4, -0.2) is 105 Å². The summed E-state index contributed by atoms with van der Waals surface area (Å²) in [7, 11) is 0. The molecule has 0 unspecified atom stereocenters. The zero-order valence-electron chi connectivity index (χ0n) is 40.3. The highest BCUT2D eigenvalue weighted by atomic mass is 19.2. The number of carbonyl (C=O) groups excluding carboxylic acids is 4. The van der Waals surface area contributed by atoms with Crippen LogP contribution >= 0.6 is 0 Å². The topological polar surface area (TPSA) is 266 Å². The lowest BCUT2D eigenvalue weighted by atomic mass is 9.81. The van der Waals surface area contributed by atoms with E-state index in [0.717, 1.165) is 51.4 Å². The predicted molar refractivity (Wildman–Crippen MR) is 255 cm³/mol. The number of esters is 2. The molecule has 5 aromatic rings. The van der Waals surface area contributed by atoms with Crippen LogP contribution in [0.25, 0.3) is 33.0 Å². The molecule has 0 spiro atoms. The number of phenols is 4. The second kappa shape index (κ2) is 19.8. The Hall–Kier alpha value is -8.36. The molecule has 4 heterocycles. The predicted octanol–water partition coefficient (Wildman–Crippen LogP) is 9.51. The minimum Gasteiger partial charge on any atom is -0.512 e. The molecule has 0 bridgehead atoms. The molecule has 72 heavy (non-hydrogen) atoms. The van der Waals surface area contributed by atoms with Gasteiger partial charge in [0.1, 0.15) is 17.6 Å². The van der Waals surface area contributed by atoms with E-state index in [9.17, 15) is 67.4 Å².